The van der Waals surface area contributed by atoms with Gasteiger partial charge in [-0.1, -0.05) is 6.07 Å². The zero-order valence-corrected chi connectivity index (χ0v) is 7.98. The molecule has 0 spiro atoms. The molecule has 14 heavy (non-hydrogen) atoms. The zero-order valence-electron chi connectivity index (χ0n) is 7.98. The molecule has 0 fully saturated rings. The lowest BCUT2D eigenvalue weighted by molar-refractivity contribution is -0.429. The number of carboxylic acids is 1. The number of nitrogens with zero attached hydrogens (tertiary/aromatic N) is 1. The molecular formula is C10H14N2O2. The Kier molecular flexibility index (Phi) is 4.07. The molecule has 0 bridgehead atoms. The highest BCUT2D eigenvalue weighted by atomic mass is 16.4. The summed E-state index contributed by atoms with van der Waals surface area (Å²) in [7, 11) is 0. The van der Waals surface area contributed by atoms with Crippen LogP contribution in [0.25, 0.3) is 0 Å². The van der Waals surface area contributed by atoms with Crippen molar-refractivity contribution in [3.63, 3.8) is 0 Å². The van der Waals surface area contributed by atoms with Crippen LogP contribution in [0.5, 0.6) is 0 Å². The fourth-order valence-corrected chi connectivity index (χ4v) is 1.26. The molecule has 1 aromatic heterocycles. The second kappa shape index (κ2) is 5.34. The highest BCUT2D eigenvalue weighted by molar-refractivity contribution is 5.64. The number of rotatable bonds is 5. The van der Waals surface area contributed by atoms with Gasteiger partial charge in [0.15, 0.2) is 0 Å². The maximum Gasteiger partial charge on any atom is 0.127 e. The monoisotopic (exact) mass is 194 g/mol. The van der Waals surface area contributed by atoms with Gasteiger partial charge in [0, 0.05) is 18.6 Å². The lowest BCUT2D eigenvalue weighted by atomic mass is 10.1. The number of quaternary nitrogens is 1. The van der Waals surface area contributed by atoms with E-state index in [0.29, 0.717) is 6.42 Å². The molecule has 0 unspecified atom stereocenters. The summed E-state index contributed by atoms with van der Waals surface area (Å²) in [4.78, 5) is 14.3. The first-order valence-electron chi connectivity index (χ1n) is 4.64. The number of pyridine rings is 1. The van der Waals surface area contributed by atoms with E-state index in [1.807, 2.05) is 18.2 Å². The first kappa shape index (κ1) is 10.7. The smallest absolute Gasteiger partial charge is 0.127 e. The van der Waals surface area contributed by atoms with Crippen LogP contribution in [0.2, 0.25) is 0 Å². The van der Waals surface area contributed by atoms with E-state index in [2.05, 4.69) is 10.7 Å². The van der Waals surface area contributed by atoms with Gasteiger partial charge in [0.05, 0.1) is 5.69 Å². The Balaban J connectivity index is 2.36. The quantitative estimate of drug-likeness (QED) is 0.672. The summed E-state index contributed by atoms with van der Waals surface area (Å²) in [6.07, 6.45) is 3.13. The number of aliphatic carboxylic acids is 1. The first-order chi connectivity index (χ1) is 6.70. The fourth-order valence-electron chi connectivity index (χ4n) is 1.26. The third kappa shape index (κ3) is 3.53. The van der Waals surface area contributed by atoms with Crippen molar-refractivity contribution >= 4 is 5.97 Å². The highest BCUT2D eigenvalue weighted by Crippen LogP contribution is 2.11. The molecule has 76 valence electrons. The summed E-state index contributed by atoms with van der Waals surface area (Å²) >= 11 is 0. The van der Waals surface area contributed by atoms with Crippen molar-refractivity contribution in [3.05, 3.63) is 30.1 Å². The van der Waals surface area contributed by atoms with Crippen LogP contribution in [0.15, 0.2) is 24.4 Å². The Morgan fingerprint density at radius 3 is 2.93 bits per heavy atom. The van der Waals surface area contributed by atoms with Crippen LogP contribution in [0.3, 0.4) is 0 Å². The van der Waals surface area contributed by atoms with Gasteiger partial charge in [-0.2, -0.15) is 0 Å². The van der Waals surface area contributed by atoms with Gasteiger partial charge in [-0.25, -0.2) is 0 Å². The molecule has 0 aliphatic carbocycles. The molecular weight excluding hydrogens is 180 g/mol. The molecule has 1 heterocycles. The standard InChI is InChI=1S/C10H14N2O2/c11-8(4-3-6-10(13)14)9-5-1-2-7-12-9/h1-2,5,7-8H,3-4,6,11H2,(H,13,14)/t8-/m0/s1. The summed E-state index contributed by atoms with van der Waals surface area (Å²) in [6, 6.07) is 5.71. The Labute approximate surface area is 82.8 Å². The third-order valence-electron chi connectivity index (χ3n) is 2.04. The molecule has 0 radical (unpaired) electrons. The molecule has 0 aliphatic heterocycles. The van der Waals surface area contributed by atoms with Crippen molar-refractivity contribution in [2.45, 2.75) is 25.3 Å². The summed E-state index contributed by atoms with van der Waals surface area (Å²) < 4.78 is 0. The van der Waals surface area contributed by atoms with Crippen LogP contribution >= 0.6 is 0 Å². The van der Waals surface area contributed by atoms with Crippen LogP contribution in [-0.2, 0) is 4.79 Å². The van der Waals surface area contributed by atoms with Crippen molar-refractivity contribution < 1.29 is 15.6 Å². The molecule has 0 saturated heterocycles. The second-order valence-corrected chi connectivity index (χ2v) is 3.22. The molecule has 0 saturated carbocycles. The van der Waals surface area contributed by atoms with E-state index >= 15 is 0 Å². The number of carbonyl (C=O) groups is 1. The number of hydrogen-bond acceptors (Lipinski definition) is 3. The number of carboxylic acid groups (broad SMARTS) is 1. The van der Waals surface area contributed by atoms with E-state index in [9.17, 15) is 9.90 Å². The predicted octanol–water partition coefficient (Wildman–Crippen LogP) is -0.715. The van der Waals surface area contributed by atoms with Gasteiger partial charge in [0.2, 0.25) is 0 Å². The van der Waals surface area contributed by atoms with Gasteiger partial charge in [-0.3, -0.25) is 4.98 Å². The first-order valence-corrected chi connectivity index (χ1v) is 4.64. The van der Waals surface area contributed by atoms with Gasteiger partial charge in [0.1, 0.15) is 6.04 Å². The van der Waals surface area contributed by atoms with Crippen LogP contribution in [0.1, 0.15) is 31.0 Å². The zero-order chi connectivity index (χ0) is 10.4. The fraction of sp³-hybridized carbons (Fsp3) is 0.400. The van der Waals surface area contributed by atoms with Crippen molar-refractivity contribution in [1.29, 1.82) is 0 Å². The Morgan fingerprint density at radius 1 is 1.57 bits per heavy atom. The van der Waals surface area contributed by atoms with Gasteiger partial charge < -0.3 is 15.6 Å². The summed E-state index contributed by atoms with van der Waals surface area (Å²) in [5, 5.41) is 10.2. The van der Waals surface area contributed by atoms with Crippen LogP contribution < -0.4 is 10.8 Å². The summed E-state index contributed by atoms with van der Waals surface area (Å²) in [5.74, 6) is -1.00. The number of hydrogen-bond donors (Lipinski definition) is 1. The SMILES string of the molecule is [NH3+][C@@H](CCCC(=O)[O-])c1ccccn1. The average molecular weight is 194 g/mol. The molecule has 0 aliphatic rings. The van der Waals surface area contributed by atoms with E-state index in [1.54, 1.807) is 6.20 Å². The van der Waals surface area contributed by atoms with Gasteiger partial charge in [-0.05, 0) is 25.0 Å². The molecule has 1 aromatic rings. The molecule has 1 rings (SSSR count). The number of aromatic nitrogens is 1. The lowest BCUT2D eigenvalue weighted by Crippen LogP contribution is -2.53. The van der Waals surface area contributed by atoms with E-state index in [-0.39, 0.29) is 12.5 Å². The van der Waals surface area contributed by atoms with Gasteiger partial charge >= 0.3 is 0 Å². The maximum absolute atomic E-state index is 10.2. The summed E-state index contributed by atoms with van der Waals surface area (Å²) in [5.41, 5.74) is 4.84. The van der Waals surface area contributed by atoms with E-state index < -0.39 is 5.97 Å². The third-order valence-corrected chi connectivity index (χ3v) is 2.04. The topological polar surface area (TPSA) is 80.7 Å². The summed E-state index contributed by atoms with van der Waals surface area (Å²) in [6.45, 7) is 0. The minimum Gasteiger partial charge on any atom is -0.550 e. The Hall–Kier alpha value is -1.42. The van der Waals surface area contributed by atoms with Crippen molar-refractivity contribution in [1.82, 2.24) is 4.98 Å². The molecule has 1 atom stereocenters. The largest absolute Gasteiger partial charge is 0.550 e. The minimum absolute atomic E-state index is 0.0653. The van der Waals surface area contributed by atoms with Crippen LogP contribution in [0, 0.1) is 0 Å². The lowest BCUT2D eigenvalue weighted by Gasteiger charge is -2.07. The maximum atomic E-state index is 10.2. The van der Waals surface area contributed by atoms with Gasteiger partial charge in [0.25, 0.3) is 0 Å². The molecule has 0 amide bonds. The second-order valence-electron chi connectivity index (χ2n) is 3.22. The Bertz CT molecular complexity index is 287. The predicted molar refractivity (Wildman–Crippen MR) is 48.7 cm³/mol. The minimum atomic E-state index is -1.00. The van der Waals surface area contributed by atoms with E-state index in [0.717, 1.165) is 12.1 Å². The van der Waals surface area contributed by atoms with Crippen LogP contribution in [0.4, 0.5) is 0 Å². The van der Waals surface area contributed by atoms with E-state index in [4.69, 9.17) is 0 Å². The molecule has 4 nitrogen and oxygen atoms in total. The number of carbonyl (C=O) groups excluding carboxylic acids is 1. The molecule has 4 heteroatoms. The van der Waals surface area contributed by atoms with Crippen molar-refractivity contribution in [3.8, 4) is 0 Å². The van der Waals surface area contributed by atoms with Crippen molar-refractivity contribution in [2.24, 2.45) is 0 Å². The van der Waals surface area contributed by atoms with Gasteiger partial charge in [-0.15, -0.1) is 0 Å². The highest BCUT2D eigenvalue weighted by Gasteiger charge is 2.09. The van der Waals surface area contributed by atoms with Crippen molar-refractivity contribution in [2.75, 3.05) is 0 Å². The normalized spacial score (nSPS) is 12.4. The average Bonchev–Trinajstić information content (AvgIpc) is 2.18. The molecule has 3 N–H and O–H groups in total. The van der Waals surface area contributed by atoms with Crippen LogP contribution in [-0.4, -0.2) is 11.0 Å². The molecule has 0 aromatic carbocycles. The van der Waals surface area contributed by atoms with E-state index in [1.165, 1.54) is 0 Å². The Morgan fingerprint density at radius 2 is 2.36 bits per heavy atom.